The van der Waals surface area contributed by atoms with Gasteiger partial charge in [0.15, 0.2) is 0 Å². The molecule has 0 aliphatic rings. The van der Waals surface area contributed by atoms with Crippen LogP contribution >= 0.6 is 0 Å². The number of aromatic nitrogens is 1. The predicted octanol–water partition coefficient (Wildman–Crippen LogP) is 2.57. The molecule has 0 bridgehead atoms. The first-order chi connectivity index (χ1) is 9.50. The highest BCUT2D eigenvalue weighted by Crippen LogP contribution is 2.18. The third-order valence-electron chi connectivity index (χ3n) is 2.93. The van der Waals surface area contributed by atoms with E-state index in [4.69, 9.17) is 0 Å². The van der Waals surface area contributed by atoms with E-state index >= 15 is 0 Å². The SMILES string of the molecule is Cc1cccnc1N(C)C(=O)c1ccc([N+](=O)[O-])cc1. The van der Waals surface area contributed by atoms with Crippen LogP contribution in [0.5, 0.6) is 0 Å². The van der Waals surface area contributed by atoms with Gasteiger partial charge in [0.2, 0.25) is 0 Å². The summed E-state index contributed by atoms with van der Waals surface area (Å²) < 4.78 is 0. The molecule has 0 aliphatic heterocycles. The maximum absolute atomic E-state index is 12.3. The molecule has 6 nitrogen and oxygen atoms in total. The Morgan fingerprint density at radius 1 is 1.25 bits per heavy atom. The van der Waals surface area contributed by atoms with Crippen molar-refractivity contribution in [1.82, 2.24) is 4.98 Å². The summed E-state index contributed by atoms with van der Waals surface area (Å²) in [7, 11) is 1.62. The highest BCUT2D eigenvalue weighted by atomic mass is 16.6. The molecule has 0 atom stereocenters. The van der Waals surface area contributed by atoms with E-state index in [0.717, 1.165) is 5.56 Å². The van der Waals surface area contributed by atoms with Crippen molar-refractivity contribution in [2.75, 3.05) is 11.9 Å². The van der Waals surface area contributed by atoms with Crippen LogP contribution in [0.3, 0.4) is 0 Å². The van der Waals surface area contributed by atoms with E-state index in [-0.39, 0.29) is 11.6 Å². The minimum Gasteiger partial charge on any atom is -0.296 e. The number of carbonyl (C=O) groups is 1. The van der Waals surface area contributed by atoms with Gasteiger partial charge < -0.3 is 0 Å². The molecule has 102 valence electrons. The van der Waals surface area contributed by atoms with Crippen molar-refractivity contribution in [3.8, 4) is 0 Å². The van der Waals surface area contributed by atoms with Crippen molar-refractivity contribution in [3.63, 3.8) is 0 Å². The molecule has 1 amide bonds. The minimum atomic E-state index is -0.499. The molecule has 0 saturated heterocycles. The van der Waals surface area contributed by atoms with E-state index in [0.29, 0.717) is 11.4 Å². The molecule has 0 fully saturated rings. The van der Waals surface area contributed by atoms with Gasteiger partial charge in [-0.3, -0.25) is 19.8 Å². The second-order valence-electron chi connectivity index (χ2n) is 4.31. The summed E-state index contributed by atoms with van der Waals surface area (Å²) in [6.07, 6.45) is 1.61. The molecule has 1 heterocycles. The van der Waals surface area contributed by atoms with Crippen molar-refractivity contribution >= 4 is 17.4 Å². The Morgan fingerprint density at radius 3 is 2.45 bits per heavy atom. The quantitative estimate of drug-likeness (QED) is 0.635. The number of hydrogen-bond acceptors (Lipinski definition) is 4. The molecule has 20 heavy (non-hydrogen) atoms. The molecule has 6 heteroatoms. The largest absolute Gasteiger partial charge is 0.296 e. The third kappa shape index (κ3) is 2.64. The van der Waals surface area contributed by atoms with Crippen molar-refractivity contribution in [3.05, 3.63) is 63.8 Å². The monoisotopic (exact) mass is 271 g/mol. The van der Waals surface area contributed by atoms with Crippen LogP contribution in [0, 0.1) is 17.0 Å². The summed E-state index contributed by atoms with van der Waals surface area (Å²) >= 11 is 0. The van der Waals surface area contributed by atoms with Crippen molar-refractivity contribution in [2.24, 2.45) is 0 Å². The van der Waals surface area contributed by atoms with Gasteiger partial charge in [0.05, 0.1) is 4.92 Å². The Balaban J connectivity index is 2.27. The number of nitrogens with zero attached hydrogens (tertiary/aromatic N) is 3. The van der Waals surface area contributed by atoms with Gasteiger partial charge in [-0.05, 0) is 30.7 Å². The van der Waals surface area contributed by atoms with E-state index in [9.17, 15) is 14.9 Å². The molecule has 1 aromatic heterocycles. The normalized spacial score (nSPS) is 10.1. The highest BCUT2D eigenvalue weighted by molar-refractivity contribution is 6.05. The molecule has 0 N–H and O–H groups in total. The Bertz CT molecular complexity index is 653. The lowest BCUT2D eigenvalue weighted by molar-refractivity contribution is -0.384. The molecule has 1 aromatic carbocycles. The van der Waals surface area contributed by atoms with E-state index in [1.807, 2.05) is 13.0 Å². The van der Waals surface area contributed by atoms with Gasteiger partial charge in [-0.15, -0.1) is 0 Å². The Hall–Kier alpha value is -2.76. The zero-order valence-electron chi connectivity index (χ0n) is 11.1. The van der Waals surface area contributed by atoms with Crippen LogP contribution in [-0.2, 0) is 0 Å². The molecule has 0 aliphatic carbocycles. The Kier molecular flexibility index (Phi) is 3.74. The van der Waals surface area contributed by atoms with Gasteiger partial charge in [-0.1, -0.05) is 6.07 Å². The summed E-state index contributed by atoms with van der Waals surface area (Å²) in [5.41, 5.74) is 1.21. The first kappa shape index (κ1) is 13.7. The van der Waals surface area contributed by atoms with E-state index in [1.54, 1.807) is 19.3 Å². The number of hydrogen-bond donors (Lipinski definition) is 0. The minimum absolute atomic E-state index is 0.0433. The zero-order chi connectivity index (χ0) is 14.7. The predicted molar refractivity (Wildman–Crippen MR) is 74.8 cm³/mol. The molecular formula is C14H13N3O3. The first-order valence-corrected chi connectivity index (χ1v) is 5.95. The van der Waals surface area contributed by atoms with E-state index in [2.05, 4.69) is 4.98 Å². The molecule has 0 spiro atoms. The topological polar surface area (TPSA) is 76.3 Å². The number of pyridine rings is 1. The smallest absolute Gasteiger partial charge is 0.269 e. The number of aryl methyl sites for hydroxylation is 1. The fraction of sp³-hybridized carbons (Fsp3) is 0.143. The van der Waals surface area contributed by atoms with Crippen molar-refractivity contribution in [1.29, 1.82) is 0 Å². The van der Waals surface area contributed by atoms with Gasteiger partial charge in [0.25, 0.3) is 11.6 Å². The van der Waals surface area contributed by atoms with Gasteiger partial charge in [-0.25, -0.2) is 4.98 Å². The van der Waals surface area contributed by atoms with Crippen LogP contribution < -0.4 is 4.90 Å². The third-order valence-corrected chi connectivity index (χ3v) is 2.93. The molecular weight excluding hydrogens is 258 g/mol. The van der Waals surface area contributed by atoms with E-state index < -0.39 is 4.92 Å². The number of anilines is 1. The number of benzene rings is 1. The van der Waals surface area contributed by atoms with Gasteiger partial charge in [0.1, 0.15) is 5.82 Å². The average Bonchev–Trinajstić information content (AvgIpc) is 2.46. The lowest BCUT2D eigenvalue weighted by atomic mass is 10.1. The lowest BCUT2D eigenvalue weighted by Crippen LogP contribution is -2.27. The molecule has 0 unspecified atom stereocenters. The summed E-state index contributed by atoms with van der Waals surface area (Å²) in [4.78, 5) is 28.0. The van der Waals surface area contributed by atoms with Crippen LogP contribution in [0.4, 0.5) is 11.5 Å². The second kappa shape index (κ2) is 5.48. The van der Waals surface area contributed by atoms with Gasteiger partial charge in [0, 0.05) is 30.9 Å². The number of amides is 1. The fourth-order valence-corrected chi connectivity index (χ4v) is 1.84. The summed E-state index contributed by atoms with van der Waals surface area (Å²) in [5.74, 6) is 0.303. The van der Waals surface area contributed by atoms with Crippen LogP contribution in [-0.4, -0.2) is 22.9 Å². The van der Waals surface area contributed by atoms with Crippen LogP contribution in [0.15, 0.2) is 42.6 Å². The number of rotatable bonds is 3. The number of carbonyl (C=O) groups excluding carboxylic acids is 1. The number of nitro benzene ring substituents is 1. The number of non-ortho nitro benzene ring substituents is 1. The fourth-order valence-electron chi connectivity index (χ4n) is 1.84. The lowest BCUT2D eigenvalue weighted by Gasteiger charge is -2.18. The Morgan fingerprint density at radius 2 is 1.90 bits per heavy atom. The summed E-state index contributed by atoms with van der Waals surface area (Å²) in [5, 5.41) is 10.6. The highest BCUT2D eigenvalue weighted by Gasteiger charge is 2.17. The molecule has 0 saturated carbocycles. The van der Waals surface area contributed by atoms with Gasteiger partial charge in [-0.2, -0.15) is 0 Å². The molecule has 2 aromatic rings. The van der Waals surface area contributed by atoms with Crippen LogP contribution in [0.1, 0.15) is 15.9 Å². The maximum Gasteiger partial charge on any atom is 0.269 e. The standard InChI is InChI=1S/C14H13N3O3/c1-10-4-3-9-15-13(10)16(2)14(18)11-5-7-12(8-6-11)17(19)20/h3-9H,1-2H3. The molecule has 0 radical (unpaired) electrons. The Labute approximate surface area is 115 Å². The van der Waals surface area contributed by atoms with Crippen molar-refractivity contribution in [2.45, 2.75) is 6.92 Å². The average molecular weight is 271 g/mol. The first-order valence-electron chi connectivity index (χ1n) is 5.95. The number of nitro groups is 1. The van der Waals surface area contributed by atoms with Gasteiger partial charge >= 0.3 is 0 Å². The zero-order valence-corrected chi connectivity index (χ0v) is 11.1. The van der Waals surface area contributed by atoms with Crippen molar-refractivity contribution < 1.29 is 9.72 Å². The summed E-state index contributed by atoms with van der Waals surface area (Å²) in [6, 6.07) is 9.16. The maximum atomic E-state index is 12.3. The van der Waals surface area contributed by atoms with Crippen LogP contribution in [0.2, 0.25) is 0 Å². The molecule has 2 rings (SSSR count). The van der Waals surface area contributed by atoms with Crippen LogP contribution in [0.25, 0.3) is 0 Å². The summed E-state index contributed by atoms with van der Waals surface area (Å²) in [6.45, 7) is 1.86. The van der Waals surface area contributed by atoms with E-state index in [1.165, 1.54) is 29.2 Å². The second-order valence-corrected chi connectivity index (χ2v) is 4.31.